The van der Waals surface area contributed by atoms with E-state index in [2.05, 4.69) is 10.2 Å². The van der Waals surface area contributed by atoms with Gasteiger partial charge in [0.05, 0.1) is 13.2 Å². The van der Waals surface area contributed by atoms with Crippen molar-refractivity contribution >= 4 is 11.6 Å². The van der Waals surface area contributed by atoms with Crippen LogP contribution in [0.15, 0.2) is 42.5 Å². The first kappa shape index (κ1) is 22.8. The Kier molecular flexibility index (Phi) is 8.78. The van der Waals surface area contributed by atoms with Crippen molar-refractivity contribution in [2.75, 3.05) is 33.4 Å². The number of nitrogens with one attached hydrogen (secondary N) is 1. The van der Waals surface area contributed by atoms with Crippen LogP contribution in [-0.4, -0.2) is 60.7 Å². The van der Waals surface area contributed by atoms with Gasteiger partial charge in [0.2, 0.25) is 0 Å². The Labute approximate surface area is 183 Å². The van der Waals surface area contributed by atoms with E-state index in [0.717, 1.165) is 48.6 Å². The van der Waals surface area contributed by atoms with Crippen molar-refractivity contribution in [2.24, 2.45) is 0 Å². The van der Waals surface area contributed by atoms with Crippen molar-refractivity contribution < 1.29 is 19.7 Å². The molecule has 0 unspecified atom stereocenters. The Bertz CT molecular complexity index is 797. The molecule has 6 nitrogen and oxygen atoms in total. The predicted octanol–water partition coefficient (Wildman–Crippen LogP) is 2.83. The lowest BCUT2D eigenvalue weighted by Crippen LogP contribution is -2.41. The summed E-state index contributed by atoms with van der Waals surface area (Å²) in [4.78, 5) is 2.16. The van der Waals surface area contributed by atoms with Crippen molar-refractivity contribution in [1.82, 2.24) is 10.2 Å². The van der Waals surface area contributed by atoms with E-state index in [0.29, 0.717) is 24.6 Å². The number of ether oxygens (including phenoxy) is 2. The fourth-order valence-corrected chi connectivity index (χ4v) is 3.79. The molecule has 30 heavy (non-hydrogen) atoms. The highest BCUT2D eigenvalue weighted by molar-refractivity contribution is 6.30. The SMILES string of the molecule is COc1cc(CNCc2cccc(Cl)c2)ccc1OC[C@H](O)CN1CCC(O)CC1. The molecule has 0 radical (unpaired) electrons. The van der Waals surface area contributed by atoms with Gasteiger partial charge in [-0.15, -0.1) is 0 Å². The van der Waals surface area contributed by atoms with Crippen LogP contribution in [0, 0.1) is 0 Å². The molecule has 7 heteroatoms. The number of β-amino-alcohol motifs (C(OH)–C–C–N with tert-alkyl or cyclic N) is 1. The summed E-state index contributed by atoms with van der Waals surface area (Å²) in [6.07, 6.45) is 0.712. The monoisotopic (exact) mass is 434 g/mol. The summed E-state index contributed by atoms with van der Waals surface area (Å²) >= 11 is 6.02. The molecule has 2 aromatic carbocycles. The second-order valence-electron chi connectivity index (χ2n) is 7.72. The van der Waals surface area contributed by atoms with Gasteiger partial charge >= 0.3 is 0 Å². The van der Waals surface area contributed by atoms with Gasteiger partial charge in [0, 0.05) is 37.7 Å². The maximum atomic E-state index is 10.3. The van der Waals surface area contributed by atoms with Gasteiger partial charge in [-0.2, -0.15) is 0 Å². The van der Waals surface area contributed by atoms with Crippen molar-refractivity contribution in [3.05, 3.63) is 58.6 Å². The number of aliphatic hydroxyl groups excluding tert-OH is 2. The molecular formula is C23H31ClN2O4. The van der Waals surface area contributed by atoms with Crippen molar-refractivity contribution in [3.8, 4) is 11.5 Å². The Morgan fingerprint density at radius 3 is 2.53 bits per heavy atom. The number of benzene rings is 2. The molecule has 2 aromatic rings. The van der Waals surface area contributed by atoms with Gasteiger partial charge in [0.25, 0.3) is 0 Å². The summed E-state index contributed by atoms with van der Waals surface area (Å²) in [6.45, 7) is 3.76. The summed E-state index contributed by atoms with van der Waals surface area (Å²) in [5.41, 5.74) is 2.21. The fourth-order valence-electron chi connectivity index (χ4n) is 3.58. The second kappa shape index (κ2) is 11.5. The minimum atomic E-state index is -0.594. The van der Waals surface area contributed by atoms with Gasteiger partial charge < -0.3 is 29.9 Å². The molecule has 1 saturated heterocycles. The maximum absolute atomic E-state index is 10.3. The molecule has 1 aliphatic heterocycles. The lowest BCUT2D eigenvalue weighted by molar-refractivity contribution is 0.0333. The molecule has 0 spiro atoms. The normalized spacial score (nSPS) is 16.4. The molecule has 3 N–H and O–H groups in total. The van der Waals surface area contributed by atoms with Crippen LogP contribution in [0.2, 0.25) is 5.02 Å². The third-order valence-corrected chi connectivity index (χ3v) is 5.47. The first-order chi connectivity index (χ1) is 14.5. The van der Waals surface area contributed by atoms with Crippen LogP contribution < -0.4 is 14.8 Å². The molecule has 1 aliphatic rings. The summed E-state index contributed by atoms with van der Waals surface area (Å²) in [5.74, 6) is 1.26. The van der Waals surface area contributed by atoms with Gasteiger partial charge in [0.15, 0.2) is 11.5 Å². The van der Waals surface area contributed by atoms with E-state index < -0.39 is 6.10 Å². The second-order valence-corrected chi connectivity index (χ2v) is 8.15. The fraction of sp³-hybridized carbons (Fsp3) is 0.478. The number of methoxy groups -OCH3 is 1. The van der Waals surface area contributed by atoms with Crippen LogP contribution in [-0.2, 0) is 13.1 Å². The van der Waals surface area contributed by atoms with Crippen molar-refractivity contribution in [2.45, 2.75) is 38.1 Å². The van der Waals surface area contributed by atoms with Crippen LogP contribution in [0.3, 0.4) is 0 Å². The summed E-state index contributed by atoms with van der Waals surface area (Å²) in [6, 6.07) is 13.6. The zero-order valence-electron chi connectivity index (χ0n) is 17.4. The van der Waals surface area contributed by atoms with E-state index in [4.69, 9.17) is 21.1 Å². The molecule has 164 valence electrons. The van der Waals surface area contributed by atoms with Gasteiger partial charge in [-0.3, -0.25) is 0 Å². The first-order valence-corrected chi connectivity index (χ1v) is 10.7. The number of rotatable bonds is 10. The van der Waals surface area contributed by atoms with Crippen LogP contribution >= 0.6 is 11.6 Å². The quantitative estimate of drug-likeness (QED) is 0.534. The predicted molar refractivity (Wildman–Crippen MR) is 118 cm³/mol. The third-order valence-electron chi connectivity index (χ3n) is 5.23. The molecule has 1 fully saturated rings. The Hall–Kier alpha value is -1.83. The Balaban J connectivity index is 1.46. The Morgan fingerprint density at radius 2 is 1.83 bits per heavy atom. The van der Waals surface area contributed by atoms with Gasteiger partial charge in [-0.25, -0.2) is 0 Å². The number of aliphatic hydroxyl groups is 2. The average Bonchev–Trinajstić information content (AvgIpc) is 2.74. The van der Waals surface area contributed by atoms with E-state index in [9.17, 15) is 10.2 Å². The standard InChI is InChI=1S/C23H31ClN2O4/c1-29-23-12-18(14-25-13-17-3-2-4-19(24)11-17)5-6-22(23)30-16-21(28)15-26-9-7-20(27)8-10-26/h2-6,11-12,20-21,25,27-28H,7-10,13-16H2,1H3/t21-/m1/s1. The number of hydrogen-bond acceptors (Lipinski definition) is 6. The van der Waals surface area contributed by atoms with Crippen LogP contribution in [0.25, 0.3) is 0 Å². The summed E-state index contributed by atoms with van der Waals surface area (Å²) < 4.78 is 11.3. The smallest absolute Gasteiger partial charge is 0.161 e. The maximum Gasteiger partial charge on any atom is 0.161 e. The number of nitrogens with zero attached hydrogens (tertiary/aromatic N) is 1. The molecule has 0 amide bonds. The zero-order valence-corrected chi connectivity index (χ0v) is 18.1. The molecule has 0 saturated carbocycles. The van der Waals surface area contributed by atoms with Crippen LogP contribution in [0.1, 0.15) is 24.0 Å². The first-order valence-electron chi connectivity index (χ1n) is 10.4. The zero-order chi connectivity index (χ0) is 21.3. The largest absolute Gasteiger partial charge is 0.493 e. The van der Waals surface area contributed by atoms with E-state index in [-0.39, 0.29) is 12.7 Å². The minimum Gasteiger partial charge on any atom is -0.493 e. The molecule has 1 heterocycles. The number of likely N-dealkylation sites (tertiary alicyclic amines) is 1. The highest BCUT2D eigenvalue weighted by atomic mass is 35.5. The highest BCUT2D eigenvalue weighted by Crippen LogP contribution is 2.28. The average molecular weight is 435 g/mol. The molecule has 0 aromatic heterocycles. The Morgan fingerprint density at radius 1 is 1.10 bits per heavy atom. The van der Waals surface area contributed by atoms with E-state index >= 15 is 0 Å². The lowest BCUT2D eigenvalue weighted by atomic mass is 10.1. The molecule has 0 aliphatic carbocycles. The molecule has 3 rings (SSSR count). The number of piperidine rings is 1. The molecule has 1 atom stereocenters. The topological polar surface area (TPSA) is 74.2 Å². The van der Waals surface area contributed by atoms with E-state index in [1.54, 1.807) is 7.11 Å². The van der Waals surface area contributed by atoms with E-state index in [1.807, 2.05) is 42.5 Å². The van der Waals surface area contributed by atoms with Gasteiger partial charge in [0.1, 0.15) is 12.7 Å². The molecule has 0 bridgehead atoms. The lowest BCUT2D eigenvalue weighted by Gasteiger charge is -2.30. The third kappa shape index (κ3) is 7.15. The summed E-state index contributed by atoms with van der Waals surface area (Å²) in [7, 11) is 1.61. The van der Waals surface area contributed by atoms with Gasteiger partial charge in [-0.1, -0.05) is 29.8 Å². The highest BCUT2D eigenvalue weighted by Gasteiger charge is 2.20. The number of halogens is 1. The minimum absolute atomic E-state index is 0.196. The van der Waals surface area contributed by atoms with E-state index in [1.165, 1.54) is 0 Å². The molecular weight excluding hydrogens is 404 g/mol. The van der Waals surface area contributed by atoms with Crippen molar-refractivity contribution in [3.63, 3.8) is 0 Å². The number of hydrogen-bond donors (Lipinski definition) is 3. The van der Waals surface area contributed by atoms with Crippen LogP contribution in [0.4, 0.5) is 0 Å². The summed E-state index contributed by atoms with van der Waals surface area (Å²) in [5, 5.41) is 24.0. The van der Waals surface area contributed by atoms with Gasteiger partial charge in [-0.05, 0) is 48.2 Å². The van der Waals surface area contributed by atoms with Crippen LogP contribution in [0.5, 0.6) is 11.5 Å². The van der Waals surface area contributed by atoms with Crippen molar-refractivity contribution in [1.29, 1.82) is 0 Å².